The molecule has 0 unspecified atom stereocenters. The number of ether oxygens (including phenoxy) is 1. The van der Waals surface area contributed by atoms with Gasteiger partial charge in [-0.05, 0) is 47.0 Å². The Morgan fingerprint density at radius 3 is 2.67 bits per heavy atom. The zero-order chi connectivity index (χ0) is 20.8. The maximum absolute atomic E-state index is 9.32. The van der Waals surface area contributed by atoms with Crippen LogP contribution < -0.4 is 10.1 Å². The van der Waals surface area contributed by atoms with Crippen LogP contribution >= 0.6 is 0 Å². The number of hydrogen-bond donors (Lipinski definition) is 2. The highest BCUT2D eigenvalue weighted by atomic mass is 16.5. The van der Waals surface area contributed by atoms with Crippen molar-refractivity contribution in [1.82, 2.24) is 4.98 Å². The average Bonchev–Trinajstić information content (AvgIpc) is 2.81. The summed E-state index contributed by atoms with van der Waals surface area (Å²) in [6.45, 7) is 0.688. The van der Waals surface area contributed by atoms with Gasteiger partial charge in [0.05, 0.1) is 19.2 Å². The van der Waals surface area contributed by atoms with Crippen LogP contribution in [0.2, 0.25) is 0 Å². The molecule has 0 radical (unpaired) electrons. The fourth-order valence-corrected chi connectivity index (χ4v) is 3.44. The van der Waals surface area contributed by atoms with E-state index in [0.29, 0.717) is 6.54 Å². The van der Waals surface area contributed by atoms with Crippen LogP contribution in [-0.2, 0) is 13.2 Å². The van der Waals surface area contributed by atoms with E-state index in [2.05, 4.69) is 29.6 Å². The van der Waals surface area contributed by atoms with Crippen LogP contribution in [0.15, 0.2) is 78.9 Å². The smallest absolute Gasteiger partial charge is 0.126 e. The highest BCUT2D eigenvalue weighted by Gasteiger charge is 2.04. The monoisotopic (exact) mass is 396 g/mol. The van der Waals surface area contributed by atoms with Crippen LogP contribution in [0.5, 0.6) is 5.75 Å². The number of anilines is 1. The molecule has 150 valence electrons. The Balaban J connectivity index is 1.55. The van der Waals surface area contributed by atoms with Crippen LogP contribution in [0.1, 0.15) is 22.3 Å². The molecule has 0 amide bonds. The first-order valence-electron chi connectivity index (χ1n) is 9.90. The summed E-state index contributed by atoms with van der Waals surface area (Å²) in [5.41, 5.74) is 5.09. The molecule has 0 fully saturated rings. The minimum absolute atomic E-state index is 0.0461. The number of fused-ring (bicyclic) bond motifs is 1. The molecule has 4 aromatic rings. The van der Waals surface area contributed by atoms with E-state index in [1.165, 1.54) is 0 Å². The van der Waals surface area contributed by atoms with Gasteiger partial charge in [0.2, 0.25) is 0 Å². The van der Waals surface area contributed by atoms with Gasteiger partial charge in [-0.25, -0.2) is 4.98 Å². The molecule has 0 aliphatic carbocycles. The number of nitrogens with zero attached hydrogens (tertiary/aromatic N) is 1. The van der Waals surface area contributed by atoms with E-state index in [9.17, 15) is 5.11 Å². The van der Waals surface area contributed by atoms with Crippen molar-refractivity contribution in [2.45, 2.75) is 13.2 Å². The molecule has 3 aromatic carbocycles. The van der Waals surface area contributed by atoms with Crippen molar-refractivity contribution < 1.29 is 9.84 Å². The Labute approximate surface area is 176 Å². The van der Waals surface area contributed by atoms with Crippen molar-refractivity contribution >= 4 is 28.9 Å². The number of hydrogen-bond acceptors (Lipinski definition) is 4. The molecule has 0 aliphatic heterocycles. The number of pyridine rings is 1. The predicted molar refractivity (Wildman–Crippen MR) is 123 cm³/mol. The van der Waals surface area contributed by atoms with Crippen LogP contribution in [0.4, 0.5) is 5.82 Å². The van der Waals surface area contributed by atoms with Crippen LogP contribution in [0, 0.1) is 0 Å². The van der Waals surface area contributed by atoms with Gasteiger partial charge in [-0.3, -0.25) is 0 Å². The maximum Gasteiger partial charge on any atom is 0.126 e. The minimum Gasteiger partial charge on any atom is -0.496 e. The summed E-state index contributed by atoms with van der Waals surface area (Å²) in [7, 11) is 1.68. The number of benzene rings is 3. The van der Waals surface area contributed by atoms with E-state index in [-0.39, 0.29) is 6.61 Å². The van der Waals surface area contributed by atoms with Gasteiger partial charge in [-0.2, -0.15) is 0 Å². The van der Waals surface area contributed by atoms with E-state index >= 15 is 0 Å². The van der Waals surface area contributed by atoms with Crippen molar-refractivity contribution in [2.24, 2.45) is 0 Å². The largest absolute Gasteiger partial charge is 0.496 e. The fourth-order valence-electron chi connectivity index (χ4n) is 3.44. The topological polar surface area (TPSA) is 54.4 Å². The number of aliphatic hydroxyl groups is 1. The third-order valence-corrected chi connectivity index (χ3v) is 5.01. The summed E-state index contributed by atoms with van der Waals surface area (Å²) in [4.78, 5) is 4.77. The molecule has 0 aliphatic rings. The Bertz CT molecular complexity index is 1180. The third kappa shape index (κ3) is 4.50. The number of aromatic nitrogens is 1. The lowest BCUT2D eigenvalue weighted by Crippen LogP contribution is -2.03. The van der Waals surface area contributed by atoms with Crippen molar-refractivity contribution in [3.05, 3.63) is 101 Å². The summed E-state index contributed by atoms with van der Waals surface area (Å²) in [6.07, 6.45) is 4.14. The first-order chi connectivity index (χ1) is 14.8. The van der Waals surface area contributed by atoms with Crippen LogP contribution in [0.3, 0.4) is 0 Å². The Morgan fingerprint density at radius 1 is 0.933 bits per heavy atom. The molecule has 0 spiro atoms. The predicted octanol–water partition coefficient (Wildman–Crippen LogP) is 5.52. The molecule has 4 heteroatoms. The summed E-state index contributed by atoms with van der Waals surface area (Å²) in [5.74, 6) is 1.69. The van der Waals surface area contributed by atoms with Crippen molar-refractivity contribution in [3.63, 3.8) is 0 Å². The van der Waals surface area contributed by atoms with Crippen molar-refractivity contribution in [3.8, 4) is 5.75 Å². The first-order valence-corrected chi connectivity index (χ1v) is 9.90. The summed E-state index contributed by atoms with van der Waals surface area (Å²) in [6, 6.07) is 26.1. The van der Waals surface area contributed by atoms with Gasteiger partial charge in [-0.15, -0.1) is 0 Å². The van der Waals surface area contributed by atoms with Gasteiger partial charge < -0.3 is 15.2 Å². The van der Waals surface area contributed by atoms with E-state index < -0.39 is 0 Å². The molecular formula is C26H24N2O2. The van der Waals surface area contributed by atoms with Gasteiger partial charge in [-0.1, -0.05) is 60.7 Å². The molecule has 0 bridgehead atoms. The SMILES string of the molecule is COc1ccccc1CNc1ccc2c(/C=C/c3cccc(CO)c3)cccc2n1. The van der Waals surface area contributed by atoms with Gasteiger partial charge >= 0.3 is 0 Å². The van der Waals surface area contributed by atoms with Gasteiger partial charge in [0.15, 0.2) is 0 Å². The zero-order valence-corrected chi connectivity index (χ0v) is 16.9. The fraction of sp³-hybridized carbons (Fsp3) is 0.115. The highest BCUT2D eigenvalue weighted by Crippen LogP contribution is 2.23. The number of aliphatic hydroxyl groups excluding tert-OH is 1. The molecule has 1 heterocycles. The first kappa shape index (κ1) is 19.7. The quantitative estimate of drug-likeness (QED) is 0.404. The van der Waals surface area contributed by atoms with E-state index in [0.717, 1.165) is 44.7 Å². The second kappa shape index (κ2) is 9.25. The standard InChI is InChI=1S/C26H24N2O2/c1-30-25-11-3-2-8-22(25)17-27-26-15-14-23-21(9-5-10-24(23)28-26)13-12-19-6-4-7-20(16-19)18-29/h2-16,29H,17-18H2,1H3,(H,27,28)/b13-12+. The van der Waals surface area contributed by atoms with Gasteiger partial charge in [0.1, 0.15) is 11.6 Å². The second-order valence-electron chi connectivity index (χ2n) is 7.01. The average molecular weight is 396 g/mol. The van der Waals surface area contributed by atoms with Gasteiger partial charge in [0, 0.05) is 17.5 Å². The van der Waals surface area contributed by atoms with E-state index in [1.807, 2.05) is 66.7 Å². The molecular weight excluding hydrogens is 372 g/mol. The Kier molecular flexibility index (Phi) is 6.06. The number of nitrogens with one attached hydrogen (secondary N) is 1. The third-order valence-electron chi connectivity index (χ3n) is 5.01. The Morgan fingerprint density at radius 2 is 1.80 bits per heavy atom. The normalized spacial score (nSPS) is 11.1. The number of para-hydroxylation sites is 1. The van der Waals surface area contributed by atoms with Crippen LogP contribution in [-0.4, -0.2) is 17.2 Å². The second-order valence-corrected chi connectivity index (χ2v) is 7.01. The molecule has 30 heavy (non-hydrogen) atoms. The molecule has 2 N–H and O–H groups in total. The van der Waals surface area contributed by atoms with Gasteiger partial charge in [0.25, 0.3) is 0 Å². The number of methoxy groups -OCH3 is 1. The van der Waals surface area contributed by atoms with Crippen molar-refractivity contribution in [2.75, 3.05) is 12.4 Å². The molecule has 0 saturated heterocycles. The lowest BCUT2D eigenvalue weighted by molar-refractivity contribution is 0.282. The van der Waals surface area contributed by atoms with E-state index in [1.54, 1.807) is 7.11 Å². The lowest BCUT2D eigenvalue weighted by atomic mass is 10.1. The molecule has 4 rings (SSSR count). The van der Waals surface area contributed by atoms with Crippen LogP contribution in [0.25, 0.3) is 23.1 Å². The Hall–Kier alpha value is -3.63. The molecule has 1 aromatic heterocycles. The molecule has 0 atom stereocenters. The minimum atomic E-state index is 0.0461. The van der Waals surface area contributed by atoms with E-state index in [4.69, 9.17) is 9.72 Å². The zero-order valence-electron chi connectivity index (χ0n) is 16.9. The molecule has 4 nitrogen and oxygen atoms in total. The summed E-state index contributed by atoms with van der Waals surface area (Å²) < 4.78 is 5.42. The lowest BCUT2D eigenvalue weighted by Gasteiger charge is -2.11. The van der Waals surface area contributed by atoms with Crippen molar-refractivity contribution in [1.29, 1.82) is 0 Å². The summed E-state index contributed by atoms with van der Waals surface area (Å²) >= 11 is 0. The number of rotatable bonds is 7. The maximum atomic E-state index is 9.32. The molecule has 0 saturated carbocycles. The summed E-state index contributed by atoms with van der Waals surface area (Å²) in [5, 5.41) is 13.8. The highest BCUT2D eigenvalue weighted by molar-refractivity contribution is 5.91.